The van der Waals surface area contributed by atoms with Crippen LogP contribution in [0, 0.1) is 11.3 Å². The van der Waals surface area contributed by atoms with E-state index in [4.69, 9.17) is 0 Å². The van der Waals surface area contributed by atoms with Gasteiger partial charge in [-0.05, 0) is 43.5 Å². The molecule has 2 fully saturated rings. The topological polar surface area (TPSA) is 97.0 Å². The third-order valence-electron chi connectivity index (χ3n) is 6.45. The highest BCUT2D eigenvalue weighted by atomic mass is 32.2. The number of ether oxygens (including phenoxy) is 1. The number of hydrogen-bond acceptors (Lipinski definition) is 5. The first-order valence-corrected chi connectivity index (χ1v) is 12.5. The summed E-state index contributed by atoms with van der Waals surface area (Å²) in [5.74, 6) is -2.90. The first-order chi connectivity index (χ1) is 16.6. The van der Waals surface area contributed by atoms with E-state index in [-0.39, 0.29) is 22.3 Å². The Balaban J connectivity index is 1.54. The molecule has 3 aromatic rings. The van der Waals surface area contributed by atoms with Crippen molar-refractivity contribution in [2.45, 2.75) is 61.6 Å². The Morgan fingerprint density at radius 1 is 1.20 bits per heavy atom. The fraction of sp³-hybridized carbons (Fsp3) is 0.391. The van der Waals surface area contributed by atoms with Crippen molar-refractivity contribution in [3.05, 3.63) is 42.1 Å². The molecule has 2 aliphatic carbocycles. The minimum atomic E-state index is -4.05. The molecule has 2 aromatic heterocycles. The predicted molar refractivity (Wildman–Crippen MR) is 118 cm³/mol. The molecule has 1 aromatic carbocycles. The molecule has 0 aliphatic heterocycles. The highest BCUT2D eigenvalue weighted by Gasteiger charge is 2.46. The Bertz CT molecular complexity index is 1420. The molecular weight excluding hydrogens is 488 g/mol. The quantitative estimate of drug-likeness (QED) is 0.454. The molecule has 184 valence electrons. The molecule has 0 saturated heterocycles. The summed E-state index contributed by atoms with van der Waals surface area (Å²) >= 11 is 0. The number of hydrogen-bond donors (Lipinski definition) is 1. The maximum atomic E-state index is 13.1. The van der Waals surface area contributed by atoms with Gasteiger partial charge in [0.1, 0.15) is 16.7 Å². The van der Waals surface area contributed by atoms with E-state index in [9.17, 15) is 31.2 Å². The summed E-state index contributed by atoms with van der Waals surface area (Å²) in [6.45, 7) is -2.99. The monoisotopic (exact) mass is 508 g/mol. The first-order valence-electron chi connectivity index (χ1n) is 11.0. The number of nitriles is 1. The maximum Gasteiger partial charge on any atom is 0.387 e. The molecule has 5 rings (SSSR count). The highest BCUT2D eigenvalue weighted by molar-refractivity contribution is 7.89. The molecule has 35 heavy (non-hydrogen) atoms. The molecule has 0 spiro atoms. The summed E-state index contributed by atoms with van der Waals surface area (Å²) in [5, 5.41) is 10.5. The van der Waals surface area contributed by atoms with Gasteiger partial charge in [0.2, 0.25) is 10.0 Å². The van der Waals surface area contributed by atoms with E-state index in [0.717, 1.165) is 25.5 Å². The minimum Gasteiger partial charge on any atom is -0.435 e. The Morgan fingerprint density at radius 2 is 1.94 bits per heavy atom. The Hall–Kier alpha value is -3.17. The number of benzene rings is 1. The second-order valence-corrected chi connectivity index (χ2v) is 10.5. The molecule has 2 saturated carbocycles. The molecule has 0 unspecified atom stereocenters. The molecule has 0 bridgehead atoms. The second kappa shape index (κ2) is 8.49. The van der Waals surface area contributed by atoms with E-state index in [0.29, 0.717) is 22.3 Å². The van der Waals surface area contributed by atoms with Gasteiger partial charge in [-0.15, -0.1) is 0 Å². The van der Waals surface area contributed by atoms with Crippen LogP contribution in [0.1, 0.15) is 43.7 Å². The average Bonchev–Trinajstić information content (AvgIpc) is 3.04. The number of fused-ring (bicyclic) bond motifs is 1. The number of pyridine rings is 1. The van der Waals surface area contributed by atoms with Crippen molar-refractivity contribution in [1.29, 1.82) is 5.26 Å². The molecule has 0 amide bonds. The van der Waals surface area contributed by atoms with Gasteiger partial charge in [0.05, 0.1) is 22.5 Å². The van der Waals surface area contributed by atoms with Crippen LogP contribution in [0.3, 0.4) is 0 Å². The van der Waals surface area contributed by atoms with Gasteiger partial charge >= 0.3 is 6.61 Å². The molecule has 0 atom stereocenters. The highest BCUT2D eigenvalue weighted by Crippen LogP contribution is 2.43. The Labute approximate surface area is 198 Å². The zero-order valence-corrected chi connectivity index (χ0v) is 19.0. The molecule has 2 aliphatic rings. The standard InChI is InChI=1S/C23H20F4N4O3S/c24-22(25)34-15-4-6-17-18(11-28)21(31(20(17)8-15)14-2-1-3-14)19-7-5-16(12-29-19)35(32,33)30-13-9-23(26,27)10-13/h4-8,12-14,22,30H,1-3,9-10H2. The summed E-state index contributed by atoms with van der Waals surface area (Å²) < 4.78 is 85.5. The molecule has 12 heteroatoms. The SMILES string of the molecule is N#Cc1c(-c2ccc(S(=O)(=O)NC3CC(F)(F)C3)cn2)n(C2CCC2)c2cc(OC(F)F)ccc12. The number of rotatable bonds is 7. The van der Waals surface area contributed by atoms with Gasteiger partial charge in [-0.25, -0.2) is 21.9 Å². The number of nitrogens with zero attached hydrogens (tertiary/aromatic N) is 3. The van der Waals surface area contributed by atoms with Crippen LogP contribution < -0.4 is 9.46 Å². The molecular formula is C23H20F4N4O3S. The van der Waals surface area contributed by atoms with E-state index in [1.807, 2.05) is 4.57 Å². The number of nitrogens with one attached hydrogen (secondary N) is 1. The predicted octanol–water partition coefficient (Wildman–Crippen LogP) is 4.98. The lowest BCUT2D eigenvalue weighted by Gasteiger charge is -2.34. The van der Waals surface area contributed by atoms with Crippen LogP contribution in [0.4, 0.5) is 17.6 Å². The van der Waals surface area contributed by atoms with E-state index in [2.05, 4.69) is 20.5 Å². The minimum absolute atomic E-state index is 0.0172. The Morgan fingerprint density at radius 3 is 2.49 bits per heavy atom. The summed E-state index contributed by atoms with van der Waals surface area (Å²) in [4.78, 5) is 4.09. The van der Waals surface area contributed by atoms with Crippen LogP contribution in [0.5, 0.6) is 5.75 Å². The maximum absolute atomic E-state index is 13.1. The van der Waals surface area contributed by atoms with Crippen LogP contribution in [0.15, 0.2) is 41.4 Å². The number of alkyl halides is 4. The number of halogens is 4. The van der Waals surface area contributed by atoms with Crippen molar-refractivity contribution in [3.8, 4) is 23.2 Å². The first kappa shape index (κ1) is 23.6. The second-order valence-electron chi connectivity index (χ2n) is 8.81. The summed E-state index contributed by atoms with van der Waals surface area (Å²) in [6.07, 6.45) is 2.62. The van der Waals surface area contributed by atoms with Crippen molar-refractivity contribution in [3.63, 3.8) is 0 Å². The lowest BCUT2D eigenvalue weighted by atomic mass is 9.89. The smallest absolute Gasteiger partial charge is 0.387 e. The van der Waals surface area contributed by atoms with E-state index < -0.39 is 41.4 Å². The molecule has 0 radical (unpaired) electrons. The fourth-order valence-electron chi connectivity index (χ4n) is 4.57. The summed E-state index contributed by atoms with van der Waals surface area (Å²) in [6, 6.07) is 8.46. The normalized spacial score (nSPS) is 18.3. The molecule has 2 heterocycles. The summed E-state index contributed by atoms with van der Waals surface area (Å²) in [7, 11) is -4.05. The van der Waals surface area contributed by atoms with E-state index >= 15 is 0 Å². The lowest BCUT2D eigenvalue weighted by Crippen LogP contribution is -2.50. The van der Waals surface area contributed by atoms with E-state index in [1.54, 1.807) is 6.07 Å². The van der Waals surface area contributed by atoms with Gasteiger partial charge in [0.25, 0.3) is 5.92 Å². The van der Waals surface area contributed by atoms with Gasteiger partial charge in [-0.2, -0.15) is 14.0 Å². The van der Waals surface area contributed by atoms with Crippen LogP contribution in [0.25, 0.3) is 22.3 Å². The molecule has 1 N–H and O–H groups in total. The number of aromatic nitrogens is 2. The van der Waals surface area contributed by atoms with Gasteiger partial charge in [0.15, 0.2) is 0 Å². The number of sulfonamides is 1. The van der Waals surface area contributed by atoms with Gasteiger partial charge in [-0.1, -0.05) is 0 Å². The van der Waals surface area contributed by atoms with Crippen molar-refractivity contribution >= 4 is 20.9 Å². The fourth-order valence-corrected chi connectivity index (χ4v) is 5.75. The third-order valence-corrected chi connectivity index (χ3v) is 7.96. The van der Waals surface area contributed by atoms with Gasteiger partial charge in [0, 0.05) is 42.6 Å². The van der Waals surface area contributed by atoms with Gasteiger partial charge < -0.3 is 9.30 Å². The molecule has 7 nitrogen and oxygen atoms in total. The van der Waals surface area contributed by atoms with Crippen LogP contribution in [0.2, 0.25) is 0 Å². The third kappa shape index (κ3) is 4.34. The van der Waals surface area contributed by atoms with E-state index in [1.165, 1.54) is 24.3 Å². The van der Waals surface area contributed by atoms with Crippen molar-refractivity contribution < 1.29 is 30.7 Å². The average molecular weight is 508 g/mol. The van der Waals surface area contributed by atoms with Crippen LogP contribution in [-0.2, 0) is 10.0 Å². The van der Waals surface area contributed by atoms with Crippen molar-refractivity contribution in [2.24, 2.45) is 0 Å². The zero-order valence-electron chi connectivity index (χ0n) is 18.2. The summed E-state index contributed by atoms with van der Waals surface area (Å²) in [5.41, 5.74) is 1.62. The van der Waals surface area contributed by atoms with Crippen molar-refractivity contribution in [2.75, 3.05) is 0 Å². The lowest BCUT2D eigenvalue weighted by molar-refractivity contribution is -0.0876. The Kier molecular flexibility index (Phi) is 5.72. The largest absolute Gasteiger partial charge is 0.435 e. The van der Waals surface area contributed by atoms with Crippen molar-refractivity contribution in [1.82, 2.24) is 14.3 Å². The zero-order chi connectivity index (χ0) is 25.0. The van der Waals surface area contributed by atoms with Crippen LogP contribution in [-0.4, -0.2) is 36.5 Å². The van der Waals surface area contributed by atoms with Gasteiger partial charge in [-0.3, -0.25) is 4.98 Å². The van der Waals surface area contributed by atoms with Crippen LogP contribution >= 0.6 is 0 Å².